The molecule has 120 valence electrons. The van der Waals surface area contributed by atoms with Crippen LogP contribution in [0.1, 0.15) is 37.8 Å². The first-order valence-electron chi connectivity index (χ1n) is 7.47. The second-order valence-corrected chi connectivity index (χ2v) is 5.97. The fraction of sp³-hybridized carbons (Fsp3) is 0.222. The molecule has 0 amide bonds. The highest BCUT2D eigenvalue weighted by Gasteiger charge is 2.04. The molecule has 0 aliphatic heterocycles. The van der Waals surface area contributed by atoms with Crippen molar-refractivity contribution in [3.63, 3.8) is 0 Å². The van der Waals surface area contributed by atoms with Gasteiger partial charge in [0.2, 0.25) is 0 Å². The molecule has 0 aliphatic rings. The van der Waals surface area contributed by atoms with Crippen LogP contribution in [0.5, 0.6) is 5.75 Å². The number of anilines is 1. The molecule has 0 saturated carbocycles. The Bertz CT molecular complexity index is 708. The number of thiocarbonyl (C=S) groups is 1. The monoisotopic (exact) mass is 327 g/mol. The number of nitrogens with zero attached hydrogens (tertiary/aromatic N) is 1. The van der Waals surface area contributed by atoms with Gasteiger partial charge in [-0.15, -0.1) is 0 Å². The lowest BCUT2D eigenvalue weighted by atomic mass is 10.0. The second-order valence-electron chi connectivity index (χ2n) is 5.56. The van der Waals surface area contributed by atoms with Gasteiger partial charge in [0.15, 0.2) is 5.11 Å². The molecular formula is C18H21N3OS. The average Bonchev–Trinajstić information content (AvgIpc) is 2.53. The molecule has 3 N–H and O–H groups in total. The van der Waals surface area contributed by atoms with Crippen LogP contribution in [0.2, 0.25) is 0 Å². The van der Waals surface area contributed by atoms with Gasteiger partial charge in [-0.1, -0.05) is 38.1 Å². The van der Waals surface area contributed by atoms with Crippen LogP contribution in [0.4, 0.5) is 5.69 Å². The third kappa shape index (κ3) is 4.79. The van der Waals surface area contributed by atoms with E-state index in [1.165, 1.54) is 5.56 Å². The van der Waals surface area contributed by atoms with Gasteiger partial charge in [-0.25, -0.2) is 0 Å². The Morgan fingerprint density at radius 2 is 1.74 bits per heavy atom. The standard InChI is InChI=1S/C18H21N3OS/c1-12(2)14-8-10-15(11-9-14)19-18(23)21-20-13(3)16-6-4-5-7-17(16)22/h4-12,22H,1-3H3,(H2,19,21,23)/b20-13+. The summed E-state index contributed by atoms with van der Waals surface area (Å²) in [5, 5.41) is 17.5. The summed E-state index contributed by atoms with van der Waals surface area (Å²) < 4.78 is 0. The number of hydrogen-bond donors (Lipinski definition) is 3. The van der Waals surface area contributed by atoms with Gasteiger partial charge in [-0.05, 0) is 54.9 Å². The highest BCUT2D eigenvalue weighted by atomic mass is 32.1. The van der Waals surface area contributed by atoms with E-state index in [1.54, 1.807) is 18.2 Å². The highest BCUT2D eigenvalue weighted by Crippen LogP contribution is 2.17. The zero-order valence-corrected chi connectivity index (χ0v) is 14.3. The van der Waals surface area contributed by atoms with Crippen LogP contribution in [-0.2, 0) is 0 Å². The van der Waals surface area contributed by atoms with Crippen molar-refractivity contribution in [2.75, 3.05) is 5.32 Å². The van der Waals surface area contributed by atoms with Gasteiger partial charge in [0.25, 0.3) is 0 Å². The summed E-state index contributed by atoms with van der Waals surface area (Å²) in [5.41, 5.74) is 6.30. The van der Waals surface area contributed by atoms with Crippen LogP contribution < -0.4 is 10.7 Å². The average molecular weight is 327 g/mol. The zero-order valence-electron chi connectivity index (χ0n) is 13.5. The van der Waals surface area contributed by atoms with Crippen molar-refractivity contribution in [1.82, 2.24) is 5.43 Å². The van der Waals surface area contributed by atoms with E-state index in [2.05, 4.69) is 41.8 Å². The molecular weight excluding hydrogens is 306 g/mol. The first-order chi connectivity index (χ1) is 11.0. The molecule has 0 unspecified atom stereocenters. The maximum absolute atomic E-state index is 9.80. The van der Waals surface area contributed by atoms with Gasteiger partial charge in [0.05, 0.1) is 5.71 Å². The summed E-state index contributed by atoms with van der Waals surface area (Å²) in [6.07, 6.45) is 0. The number of aromatic hydroxyl groups is 1. The van der Waals surface area contributed by atoms with Gasteiger partial charge < -0.3 is 10.4 Å². The summed E-state index contributed by atoms with van der Waals surface area (Å²) >= 11 is 5.23. The molecule has 5 heteroatoms. The SMILES string of the molecule is C/C(=N\NC(=S)Nc1ccc(C(C)C)cc1)c1ccccc1O. The third-order valence-electron chi connectivity index (χ3n) is 3.45. The molecule has 0 bridgehead atoms. The molecule has 2 aromatic rings. The highest BCUT2D eigenvalue weighted by molar-refractivity contribution is 7.80. The summed E-state index contributed by atoms with van der Waals surface area (Å²) in [6, 6.07) is 15.2. The number of para-hydroxylation sites is 1. The number of rotatable bonds is 4. The lowest BCUT2D eigenvalue weighted by Gasteiger charge is -2.10. The first-order valence-corrected chi connectivity index (χ1v) is 7.88. The van der Waals surface area contributed by atoms with Crippen molar-refractivity contribution in [3.05, 3.63) is 59.7 Å². The van der Waals surface area contributed by atoms with Crippen molar-refractivity contribution < 1.29 is 5.11 Å². The van der Waals surface area contributed by atoms with E-state index >= 15 is 0 Å². The van der Waals surface area contributed by atoms with Crippen molar-refractivity contribution >= 4 is 28.7 Å². The number of hydrogen-bond acceptors (Lipinski definition) is 3. The van der Waals surface area contributed by atoms with Crippen molar-refractivity contribution in [2.45, 2.75) is 26.7 Å². The van der Waals surface area contributed by atoms with Crippen molar-refractivity contribution in [1.29, 1.82) is 0 Å². The van der Waals surface area contributed by atoms with Gasteiger partial charge in [0, 0.05) is 11.3 Å². The second kappa shape index (κ2) is 7.74. The molecule has 0 atom stereocenters. The van der Waals surface area contributed by atoms with Crippen LogP contribution in [0.15, 0.2) is 53.6 Å². The number of benzene rings is 2. The number of phenols is 1. The Labute approximate surface area is 142 Å². The molecule has 0 aromatic heterocycles. The lowest BCUT2D eigenvalue weighted by molar-refractivity contribution is 0.474. The number of phenolic OH excluding ortho intramolecular Hbond substituents is 1. The predicted octanol–water partition coefficient (Wildman–Crippen LogP) is 4.23. The van der Waals surface area contributed by atoms with Crippen molar-refractivity contribution in [2.24, 2.45) is 5.10 Å². The molecule has 0 heterocycles. The van der Waals surface area contributed by atoms with Crippen LogP contribution >= 0.6 is 12.2 Å². The van der Waals surface area contributed by atoms with Crippen LogP contribution in [0.25, 0.3) is 0 Å². The van der Waals surface area contributed by atoms with E-state index in [0.717, 1.165) is 5.69 Å². The molecule has 2 rings (SSSR count). The third-order valence-corrected chi connectivity index (χ3v) is 3.65. The first kappa shape index (κ1) is 17.0. The van der Waals surface area contributed by atoms with Gasteiger partial charge in [-0.2, -0.15) is 5.10 Å². The minimum Gasteiger partial charge on any atom is -0.507 e. The fourth-order valence-electron chi connectivity index (χ4n) is 2.08. The Balaban J connectivity index is 1.97. The smallest absolute Gasteiger partial charge is 0.191 e. The molecule has 2 aromatic carbocycles. The van der Waals surface area contributed by atoms with Crippen LogP contribution in [0, 0.1) is 0 Å². The largest absolute Gasteiger partial charge is 0.507 e. The summed E-state index contributed by atoms with van der Waals surface area (Å²) in [7, 11) is 0. The van der Waals surface area contributed by atoms with E-state index in [-0.39, 0.29) is 5.75 Å². The lowest BCUT2D eigenvalue weighted by Crippen LogP contribution is -2.25. The quantitative estimate of drug-likeness (QED) is 0.447. The van der Waals surface area contributed by atoms with Gasteiger partial charge in [0.1, 0.15) is 5.75 Å². The fourth-order valence-corrected chi connectivity index (χ4v) is 2.25. The Kier molecular flexibility index (Phi) is 5.71. The molecule has 23 heavy (non-hydrogen) atoms. The van der Waals surface area contributed by atoms with E-state index in [9.17, 15) is 5.11 Å². The predicted molar refractivity (Wildman–Crippen MR) is 100 cm³/mol. The van der Waals surface area contributed by atoms with Crippen LogP contribution in [0.3, 0.4) is 0 Å². The summed E-state index contributed by atoms with van der Waals surface area (Å²) in [6.45, 7) is 6.12. The molecule has 0 saturated heterocycles. The topological polar surface area (TPSA) is 56.7 Å². The Morgan fingerprint density at radius 1 is 1.09 bits per heavy atom. The minimum atomic E-state index is 0.193. The Morgan fingerprint density at radius 3 is 2.35 bits per heavy atom. The van der Waals surface area contributed by atoms with E-state index < -0.39 is 0 Å². The molecule has 0 spiro atoms. The maximum Gasteiger partial charge on any atom is 0.191 e. The maximum atomic E-state index is 9.80. The number of nitrogens with one attached hydrogen (secondary N) is 2. The summed E-state index contributed by atoms with van der Waals surface area (Å²) in [4.78, 5) is 0. The summed E-state index contributed by atoms with van der Waals surface area (Å²) in [5.74, 6) is 0.693. The molecule has 0 fully saturated rings. The van der Waals surface area contributed by atoms with Crippen molar-refractivity contribution in [3.8, 4) is 5.75 Å². The molecule has 0 aliphatic carbocycles. The Hall–Kier alpha value is -2.40. The number of hydrazone groups is 1. The van der Waals surface area contributed by atoms with Gasteiger partial charge in [-0.3, -0.25) is 5.43 Å². The zero-order chi connectivity index (χ0) is 16.8. The van der Waals surface area contributed by atoms with Crippen LogP contribution in [-0.4, -0.2) is 15.9 Å². The van der Waals surface area contributed by atoms with E-state index in [1.807, 2.05) is 25.1 Å². The molecule has 0 radical (unpaired) electrons. The van der Waals surface area contributed by atoms with E-state index in [4.69, 9.17) is 12.2 Å². The minimum absolute atomic E-state index is 0.193. The van der Waals surface area contributed by atoms with Gasteiger partial charge >= 0.3 is 0 Å². The van der Waals surface area contributed by atoms with E-state index in [0.29, 0.717) is 22.3 Å². The molecule has 4 nitrogen and oxygen atoms in total. The normalized spacial score (nSPS) is 11.4.